The Labute approximate surface area is 160 Å². The van der Waals surface area contributed by atoms with Gasteiger partial charge in [-0.25, -0.2) is 0 Å². The summed E-state index contributed by atoms with van der Waals surface area (Å²) < 4.78 is 0. The van der Waals surface area contributed by atoms with E-state index in [0.29, 0.717) is 23.5 Å². The number of carboxylic acid groups (broad SMARTS) is 1. The predicted molar refractivity (Wildman–Crippen MR) is 104 cm³/mol. The normalized spacial score (nSPS) is 15.8. The summed E-state index contributed by atoms with van der Waals surface area (Å²) >= 11 is 0. The molecule has 148 valence electrons. The van der Waals surface area contributed by atoms with E-state index in [1.807, 2.05) is 0 Å². The molecule has 0 saturated heterocycles. The van der Waals surface area contributed by atoms with E-state index in [0.717, 1.165) is 19.3 Å². The van der Waals surface area contributed by atoms with Gasteiger partial charge >= 0.3 is 5.97 Å². The largest absolute Gasteiger partial charge is 0.481 e. The first-order valence-corrected chi connectivity index (χ1v) is 9.71. The summed E-state index contributed by atoms with van der Waals surface area (Å²) in [5, 5.41) is 12.0. The lowest BCUT2D eigenvalue weighted by atomic mass is 9.84. The molecule has 2 N–H and O–H groups in total. The number of carboxylic acids is 1. The van der Waals surface area contributed by atoms with Crippen molar-refractivity contribution in [3.8, 4) is 0 Å². The zero-order chi connectivity index (χ0) is 19.8. The molecule has 0 aromatic heterocycles. The first-order chi connectivity index (χ1) is 12.9. The van der Waals surface area contributed by atoms with Crippen LogP contribution in [-0.2, 0) is 4.79 Å². The fourth-order valence-electron chi connectivity index (χ4n) is 3.69. The average Bonchev–Trinajstić information content (AvgIpc) is 2.66. The molecule has 0 radical (unpaired) electrons. The minimum atomic E-state index is -0.850. The van der Waals surface area contributed by atoms with Crippen LogP contribution in [0.15, 0.2) is 24.3 Å². The second-order valence-electron chi connectivity index (χ2n) is 7.62. The van der Waals surface area contributed by atoms with Crippen LogP contribution in [0.5, 0.6) is 0 Å². The van der Waals surface area contributed by atoms with Gasteiger partial charge in [-0.2, -0.15) is 0 Å². The Morgan fingerprint density at radius 1 is 1.15 bits per heavy atom. The van der Waals surface area contributed by atoms with E-state index in [1.54, 1.807) is 38.4 Å². The number of carbonyl (C=O) groups is 3. The van der Waals surface area contributed by atoms with Gasteiger partial charge in [-0.05, 0) is 37.0 Å². The summed E-state index contributed by atoms with van der Waals surface area (Å²) in [6.07, 6.45) is 7.24. The number of rotatable bonds is 8. The summed E-state index contributed by atoms with van der Waals surface area (Å²) in [6.45, 7) is 0. The van der Waals surface area contributed by atoms with Crippen LogP contribution in [0.1, 0.15) is 72.1 Å². The zero-order valence-corrected chi connectivity index (χ0v) is 16.2. The number of hydrogen-bond acceptors (Lipinski definition) is 3. The molecular formula is C21H30N2O4. The van der Waals surface area contributed by atoms with Crippen LogP contribution in [0.3, 0.4) is 0 Å². The van der Waals surface area contributed by atoms with Crippen molar-refractivity contribution in [2.75, 3.05) is 14.1 Å². The summed E-state index contributed by atoms with van der Waals surface area (Å²) in [7, 11) is 3.34. The molecule has 27 heavy (non-hydrogen) atoms. The van der Waals surface area contributed by atoms with Crippen molar-refractivity contribution < 1.29 is 19.5 Å². The Morgan fingerprint density at radius 3 is 2.44 bits per heavy atom. The highest BCUT2D eigenvalue weighted by Crippen LogP contribution is 2.28. The van der Waals surface area contributed by atoms with Crippen LogP contribution in [0, 0.1) is 5.92 Å². The summed E-state index contributed by atoms with van der Waals surface area (Å²) in [6, 6.07) is 6.48. The van der Waals surface area contributed by atoms with Crippen molar-refractivity contribution in [3.05, 3.63) is 35.4 Å². The van der Waals surface area contributed by atoms with Crippen LogP contribution >= 0.6 is 0 Å². The van der Waals surface area contributed by atoms with Gasteiger partial charge in [0.25, 0.3) is 11.8 Å². The van der Waals surface area contributed by atoms with Crippen molar-refractivity contribution >= 4 is 17.8 Å². The third kappa shape index (κ3) is 6.70. The van der Waals surface area contributed by atoms with Crippen LogP contribution in [-0.4, -0.2) is 47.9 Å². The van der Waals surface area contributed by atoms with Crippen LogP contribution < -0.4 is 5.32 Å². The molecule has 0 bridgehead atoms. The molecule has 0 spiro atoms. The molecule has 1 aromatic carbocycles. The summed E-state index contributed by atoms with van der Waals surface area (Å²) in [5.41, 5.74) is 0.883. The minimum Gasteiger partial charge on any atom is -0.481 e. The van der Waals surface area contributed by atoms with Crippen molar-refractivity contribution in [2.45, 2.75) is 57.4 Å². The van der Waals surface area contributed by atoms with Gasteiger partial charge in [0.05, 0.1) is 0 Å². The van der Waals surface area contributed by atoms with Crippen LogP contribution in [0.4, 0.5) is 0 Å². The third-order valence-corrected chi connectivity index (χ3v) is 5.16. The highest BCUT2D eigenvalue weighted by molar-refractivity contribution is 5.99. The van der Waals surface area contributed by atoms with Gasteiger partial charge in [0.15, 0.2) is 0 Å². The number of nitrogens with one attached hydrogen (secondary N) is 1. The zero-order valence-electron chi connectivity index (χ0n) is 16.2. The first kappa shape index (κ1) is 20.9. The van der Waals surface area contributed by atoms with E-state index in [9.17, 15) is 14.4 Å². The molecule has 2 rings (SSSR count). The van der Waals surface area contributed by atoms with E-state index in [2.05, 4.69) is 5.32 Å². The van der Waals surface area contributed by atoms with Gasteiger partial charge in [0.2, 0.25) is 0 Å². The Hall–Kier alpha value is -2.37. The van der Waals surface area contributed by atoms with E-state index < -0.39 is 5.97 Å². The third-order valence-electron chi connectivity index (χ3n) is 5.16. The molecule has 6 nitrogen and oxygen atoms in total. The number of hydrogen-bond donors (Lipinski definition) is 2. The molecule has 2 amide bonds. The molecule has 0 aliphatic heterocycles. The molecule has 0 heterocycles. The molecule has 1 aliphatic carbocycles. The predicted octanol–water partition coefficient (Wildman–Crippen LogP) is 3.32. The van der Waals surface area contributed by atoms with Gasteiger partial charge in [-0.3, -0.25) is 14.4 Å². The highest BCUT2D eigenvalue weighted by Gasteiger charge is 2.22. The number of carbonyl (C=O) groups excluding carboxylic acids is 2. The SMILES string of the molecule is CN(C)C(=O)c1cccc(C(=O)NC(CCC(=O)O)CC2CCCCC2)c1. The summed E-state index contributed by atoms with van der Waals surface area (Å²) in [5.74, 6) is -0.722. The molecule has 1 unspecified atom stereocenters. The Bertz CT molecular complexity index is 666. The lowest BCUT2D eigenvalue weighted by molar-refractivity contribution is -0.137. The fraction of sp³-hybridized carbons (Fsp3) is 0.571. The maximum absolute atomic E-state index is 12.7. The number of benzene rings is 1. The second-order valence-corrected chi connectivity index (χ2v) is 7.62. The molecule has 1 fully saturated rings. The maximum Gasteiger partial charge on any atom is 0.303 e. The van der Waals surface area contributed by atoms with E-state index >= 15 is 0 Å². The Kier molecular flexibility index (Phi) is 7.82. The molecular weight excluding hydrogens is 344 g/mol. The lowest BCUT2D eigenvalue weighted by Crippen LogP contribution is -2.37. The Morgan fingerprint density at radius 2 is 1.81 bits per heavy atom. The van der Waals surface area contributed by atoms with Crippen molar-refractivity contribution in [1.29, 1.82) is 0 Å². The fourth-order valence-corrected chi connectivity index (χ4v) is 3.69. The highest BCUT2D eigenvalue weighted by atomic mass is 16.4. The standard InChI is InChI=1S/C21H30N2O4/c1-23(2)21(27)17-10-6-9-16(14-17)20(26)22-18(11-12-19(24)25)13-15-7-4-3-5-8-15/h6,9-10,14-15,18H,3-5,7-8,11-13H2,1-2H3,(H,22,26)(H,24,25). The number of aliphatic carboxylic acids is 1. The van der Waals surface area contributed by atoms with Crippen LogP contribution in [0.2, 0.25) is 0 Å². The van der Waals surface area contributed by atoms with Gasteiger partial charge in [-0.1, -0.05) is 38.2 Å². The molecule has 1 saturated carbocycles. The lowest BCUT2D eigenvalue weighted by Gasteiger charge is -2.27. The van der Waals surface area contributed by atoms with Crippen LogP contribution in [0.25, 0.3) is 0 Å². The van der Waals surface area contributed by atoms with E-state index in [1.165, 1.54) is 24.2 Å². The Balaban J connectivity index is 2.05. The first-order valence-electron chi connectivity index (χ1n) is 9.71. The van der Waals surface area contributed by atoms with Crippen molar-refractivity contribution in [2.24, 2.45) is 5.92 Å². The van der Waals surface area contributed by atoms with Crippen molar-refractivity contribution in [3.63, 3.8) is 0 Å². The molecule has 6 heteroatoms. The summed E-state index contributed by atoms with van der Waals surface area (Å²) in [4.78, 5) is 37.3. The van der Waals surface area contributed by atoms with E-state index in [4.69, 9.17) is 5.11 Å². The average molecular weight is 374 g/mol. The number of amides is 2. The van der Waals surface area contributed by atoms with Gasteiger partial charge < -0.3 is 15.3 Å². The topological polar surface area (TPSA) is 86.7 Å². The quantitative estimate of drug-likeness (QED) is 0.731. The molecule has 1 atom stereocenters. The maximum atomic E-state index is 12.7. The molecule has 1 aliphatic rings. The smallest absolute Gasteiger partial charge is 0.303 e. The minimum absolute atomic E-state index is 0.0385. The molecule has 1 aromatic rings. The second kappa shape index (κ2) is 10.1. The van der Waals surface area contributed by atoms with Crippen molar-refractivity contribution in [1.82, 2.24) is 10.2 Å². The number of nitrogens with zero attached hydrogens (tertiary/aromatic N) is 1. The van der Waals surface area contributed by atoms with Gasteiger partial charge in [0, 0.05) is 37.7 Å². The van der Waals surface area contributed by atoms with E-state index in [-0.39, 0.29) is 24.3 Å². The monoisotopic (exact) mass is 374 g/mol. The van der Waals surface area contributed by atoms with Gasteiger partial charge in [-0.15, -0.1) is 0 Å². The van der Waals surface area contributed by atoms with Gasteiger partial charge in [0.1, 0.15) is 0 Å².